The predicted octanol–water partition coefficient (Wildman–Crippen LogP) is 2.25. The average molecular weight is 224 g/mol. The van der Waals surface area contributed by atoms with Crippen molar-refractivity contribution in [1.82, 2.24) is 9.97 Å². The van der Waals surface area contributed by atoms with Crippen LogP contribution in [-0.2, 0) is 0 Å². The summed E-state index contributed by atoms with van der Waals surface area (Å²) in [6.07, 6.45) is 3.10. The van der Waals surface area contributed by atoms with Crippen LogP contribution >= 0.6 is 0 Å². The van der Waals surface area contributed by atoms with Gasteiger partial charge in [0.2, 0.25) is 5.89 Å². The van der Waals surface area contributed by atoms with Crippen LogP contribution in [0, 0.1) is 0 Å². The second-order valence-corrected chi connectivity index (χ2v) is 3.57. The van der Waals surface area contributed by atoms with Gasteiger partial charge in [-0.25, -0.2) is 9.78 Å². The van der Waals surface area contributed by atoms with Crippen LogP contribution < -0.4 is 5.63 Å². The smallest absolute Gasteiger partial charge is 0.347 e. The molecule has 0 unspecified atom stereocenters. The number of benzene rings is 1. The van der Waals surface area contributed by atoms with Crippen molar-refractivity contribution in [3.63, 3.8) is 0 Å². The Kier molecular flexibility index (Phi) is 2.19. The minimum atomic E-state index is -0.392. The van der Waals surface area contributed by atoms with Crippen LogP contribution in [0.1, 0.15) is 0 Å². The van der Waals surface area contributed by atoms with Crippen LogP contribution in [0.25, 0.3) is 22.4 Å². The average Bonchev–Trinajstić information content (AvgIpc) is 2.40. The summed E-state index contributed by atoms with van der Waals surface area (Å²) in [7, 11) is 0. The van der Waals surface area contributed by atoms with Crippen LogP contribution in [0.2, 0.25) is 0 Å². The fraction of sp³-hybridized carbons (Fsp3) is 0. The Morgan fingerprint density at radius 2 is 1.88 bits per heavy atom. The van der Waals surface area contributed by atoms with Gasteiger partial charge in [0.25, 0.3) is 0 Å². The highest BCUT2D eigenvalue weighted by atomic mass is 16.4. The number of hydrogen-bond donors (Lipinski definition) is 0. The lowest BCUT2D eigenvalue weighted by molar-refractivity contribution is 0.518. The summed E-state index contributed by atoms with van der Waals surface area (Å²) in [5.41, 5.74) is 0.925. The monoisotopic (exact) mass is 224 g/mol. The molecule has 3 aromatic rings. The standard InChI is InChI=1S/C13H8N2O2/c16-13-10-6-7-14-8-11(10)15-12(17-13)9-4-2-1-3-5-9/h1-8H. The summed E-state index contributed by atoms with van der Waals surface area (Å²) < 4.78 is 5.18. The third-order valence-electron chi connectivity index (χ3n) is 2.45. The molecule has 2 heterocycles. The maximum absolute atomic E-state index is 11.7. The summed E-state index contributed by atoms with van der Waals surface area (Å²) in [5, 5.41) is 0.444. The van der Waals surface area contributed by atoms with Gasteiger partial charge in [0.1, 0.15) is 0 Å². The predicted molar refractivity (Wildman–Crippen MR) is 63.5 cm³/mol. The zero-order chi connectivity index (χ0) is 11.7. The lowest BCUT2D eigenvalue weighted by Crippen LogP contribution is -2.02. The summed E-state index contributed by atoms with van der Waals surface area (Å²) in [6.45, 7) is 0. The summed E-state index contributed by atoms with van der Waals surface area (Å²) in [6, 6.07) is 10.9. The second-order valence-electron chi connectivity index (χ2n) is 3.57. The fourth-order valence-electron chi connectivity index (χ4n) is 1.63. The molecule has 4 nitrogen and oxygen atoms in total. The van der Waals surface area contributed by atoms with Gasteiger partial charge in [-0.2, -0.15) is 0 Å². The fourth-order valence-corrected chi connectivity index (χ4v) is 1.63. The molecule has 4 heteroatoms. The largest absolute Gasteiger partial charge is 0.403 e. The Labute approximate surface area is 96.6 Å². The first-order valence-corrected chi connectivity index (χ1v) is 5.15. The SMILES string of the molecule is O=c1oc(-c2ccccc2)nc2cnccc12. The van der Waals surface area contributed by atoms with E-state index in [-0.39, 0.29) is 0 Å². The zero-order valence-electron chi connectivity index (χ0n) is 8.83. The van der Waals surface area contributed by atoms with Crippen LogP contribution in [0.4, 0.5) is 0 Å². The van der Waals surface area contributed by atoms with Gasteiger partial charge in [-0.3, -0.25) is 4.98 Å². The maximum atomic E-state index is 11.7. The van der Waals surface area contributed by atoms with E-state index in [1.807, 2.05) is 30.3 Å². The molecule has 0 fully saturated rings. The molecule has 0 bridgehead atoms. The number of rotatable bonds is 1. The number of fused-ring (bicyclic) bond motifs is 1. The molecule has 0 spiro atoms. The molecule has 17 heavy (non-hydrogen) atoms. The van der Waals surface area contributed by atoms with E-state index in [2.05, 4.69) is 9.97 Å². The van der Waals surface area contributed by atoms with Crippen molar-refractivity contribution in [2.24, 2.45) is 0 Å². The first-order valence-electron chi connectivity index (χ1n) is 5.15. The number of hydrogen-bond acceptors (Lipinski definition) is 4. The normalized spacial score (nSPS) is 10.6. The molecule has 0 aliphatic rings. The van der Waals surface area contributed by atoms with E-state index in [9.17, 15) is 4.79 Å². The molecule has 1 aromatic carbocycles. The molecule has 0 aliphatic carbocycles. The van der Waals surface area contributed by atoms with Crippen LogP contribution in [0.15, 0.2) is 58.0 Å². The molecule has 0 saturated carbocycles. The molecule has 0 atom stereocenters. The molecule has 0 radical (unpaired) electrons. The highest BCUT2D eigenvalue weighted by Crippen LogP contribution is 2.16. The van der Waals surface area contributed by atoms with Gasteiger partial charge in [0.15, 0.2) is 0 Å². The van der Waals surface area contributed by atoms with E-state index in [4.69, 9.17) is 4.42 Å². The van der Waals surface area contributed by atoms with Gasteiger partial charge in [0, 0.05) is 11.8 Å². The summed E-state index contributed by atoms with van der Waals surface area (Å²) >= 11 is 0. The van der Waals surface area contributed by atoms with Crippen molar-refractivity contribution in [2.75, 3.05) is 0 Å². The first-order chi connectivity index (χ1) is 8.34. The van der Waals surface area contributed by atoms with Crippen molar-refractivity contribution in [3.8, 4) is 11.5 Å². The van der Waals surface area contributed by atoms with E-state index in [1.165, 1.54) is 0 Å². The van der Waals surface area contributed by atoms with E-state index >= 15 is 0 Å². The summed E-state index contributed by atoms with van der Waals surface area (Å²) in [4.78, 5) is 20.0. The minimum Gasteiger partial charge on any atom is -0.403 e. The molecular weight excluding hydrogens is 216 g/mol. The molecule has 0 N–H and O–H groups in total. The maximum Gasteiger partial charge on any atom is 0.347 e. The highest BCUT2D eigenvalue weighted by molar-refractivity contribution is 5.77. The van der Waals surface area contributed by atoms with Gasteiger partial charge in [-0.15, -0.1) is 0 Å². The Balaban J connectivity index is 2.30. The molecule has 3 rings (SSSR count). The Morgan fingerprint density at radius 1 is 1.06 bits per heavy atom. The van der Waals surface area contributed by atoms with Crippen molar-refractivity contribution in [3.05, 3.63) is 59.2 Å². The number of aromatic nitrogens is 2. The van der Waals surface area contributed by atoms with Crippen LogP contribution in [0.5, 0.6) is 0 Å². The first kappa shape index (κ1) is 9.72. The van der Waals surface area contributed by atoms with Gasteiger partial charge >= 0.3 is 5.63 Å². The third kappa shape index (κ3) is 1.69. The van der Waals surface area contributed by atoms with E-state index in [1.54, 1.807) is 18.5 Å². The van der Waals surface area contributed by atoms with E-state index < -0.39 is 5.63 Å². The van der Waals surface area contributed by atoms with E-state index in [0.717, 1.165) is 5.56 Å². The highest BCUT2D eigenvalue weighted by Gasteiger charge is 2.07. The Morgan fingerprint density at radius 3 is 2.71 bits per heavy atom. The van der Waals surface area contributed by atoms with Crippen LogP contribution in [0.3, 0.4) is 0 Å². The van der Waals surface area contributed by atoms with Gasteiger partial charge in [0.05, 0.1) is 17.1 Å². The lowest BCUT2D eigenvalue weighted by Gasteiger charge is -2.00. The van der Waals surface area contributed by atoms with Crippen molar-refractivity contribution in [2.45, 2.75) is 0 Å². The second kappa shape index (κ2) is 3.83. The van der Waals surface area contributed by atoms with Crippen molar-refractivity contribution < 1.29 is 4.42 Å². The Bertz CT molecular complexity index is 720. The molecular formula is C13H8N2O2. The van der Waals surface area contributed by atoms with Crippen molar-refractivity contribution in [1.29, 1.82) is 0 Å². The lowest BCUT2D eigenvalue weighted by atomic mass is 10.2. The molecule has 0 saturated heterocycles. The van der Waals surface area contributed by atoms with Crippen molar-refractivity contribution >= 4 is 10.9 Å². The third-order valence-corrected chi connectivity index (χ3v) is 2.45. The van der Waals surface area contributed by atoms with Crippen LogP contribution in [-0.4, -0.2) is 9.97 Å². The molecule has 0 amide bonds. The summed E-state index contributed by atoms with van der Waals surface area (Å²) in [5.74, 6) is 0.316. The topological polar surface area (TPSA) is 56.0 Å². The van der Waals surface area contributed by atoms with Gasteiger partial charge in [-0.1, -0.05) is 18.2 Å². The quantitative estimate of drug-likeness (QED) is 0.636. The number of pyridine rings is 1. The molecule has 2 aromatic heterocycles. The zero-order valence-corrected chi connectivity index (χ0v) is 8.83. The van der Waals surface area contributed by atoms with Gasteiger partial charge in [-0.05, 0) is 18.2 Å². The van der Waals surface area contributed by atoms with Gasteiger partial charge < -0.3 is 4.42 Å². The molecule has 0 aliphatic heterocycles. The Hall–Kier alpha value is -2.49. The van der Waals surface area contributed by atoms with E-state index in [0.29, 0.717) is 16.8 Å². The molecule has 82 valence electrons. The minimum absolute atomic E-state index is 0.316. The number of nitrogens with zero attached hydrogens (tertiary/aromatic N) is 2.